The quantitative estimate of drug-likeness (QED) is 0.510. The second-order valence-corrected chi connectivity index (χ2v) is 8.99. The molecular weight excluding hydrogens is 414 g/mol. The molecule has 0 unspecified atom stereocenters. The van der Waals surface area contributed by atoms with Crippen molar-refractivity contribution in [2.24, 2.45) is 5.92 Å². The van der Waals surface area contributed by atoms with E-state index >= 15 is 0 Å². The van der Waals surface area contributed by atoms with Crippen LogP contribution in [0.3, 0.4) is 0 Å². The van der Waals surface area contributed by atoms with Crippen LogP contribution in [0, 0.1) is 5.92 Å². The maximum absolute atomic E-state index is 12.6. The summed E-state index contributed by atoms with van der Waals surface area (Å²) in [4.78, 5) is 33.6. The summed E-state index contributed by atoms with van der Waals surface area (Å²) in [5, 5.41) is 10.4. The molecule has 3 aromatic rings. The van der Waals surface area contributed by atoms with E-state index in [-0.39, 0.29) is 29.8 Å². The summed E-state index contributed by atoms with van der Waals surface area (Å²) >= 11 is 0. The van der Waals surface area contributed by atoms with Gasteiger partial charge in [-0.15, -0.1) is 0 Å². The number of hydrogen-bond acceptors (Lipinski definition) is 5. The minimum Gasteiger partial charge on any atom is -0.353 e. The van der Waals surface area contributed by atoms with Crippen LogP contribution in [0.1, 0.15) is 55.5 Å². The van der Waals surface area contributed by atoms with Crippen LogP contribution in [0.4, 0.5) is 5.95 Å². The number of amides is 2. The van der Waals surface area contributed by atoms with Crippen LogP contribution < -0.4 is 16.0 Å². The Morgan fingerprint density at radius 1 is 1.00 bits per heavy atom. The highest BCUT2D eigenvalue weighted by Crippen LogP contribution is 2.22. The average Bonchev–Trinajstić information content (AvgIpc) is 2.84. The number of carbonyl (C=O) groups excluding carboxylic acids is 2. The highest BCUT2D eigenvalue weighted by atomic mass is 16.2. The van der Waals surface area contributed by atoms with E-state index in [4.69, 9.17) is 0 Å². The predicted molar refractivity (Wildman–Crippen MR) is 130 cm³/mol. The Balaban J connectivity index is 1.35. The number of fused-ring (bicyclic) bond motifs is 1. The van der Waals surface area contributed by atoms with E-state index in [2.05, 4.69) is 25.9 Å². The van der Waals surface area contributed by atoms with E-state index < -0.39 is 0 Å². The van der Waals surface area contributed by atoms with Gasteiger partial charge < -0.3 is 16.0 Å². The molecule has 7 nitrogen and oxygen atoms in total. The molecule has 7 heteroatoms. The number of nitrogens with one attached hydrogen (secondary N) is 3. The number of anilines is 1. The molecule has 1 heterocycles. The predicted octanol–water partition coefficient (Wildman–Crippen LogP) is 4.06. The molecule has 0 aliphatic heterocycles. The number of carbonyl (C=O) groups is 2. The lowest BCUT2D eigenvalue weighted by Crippen LogP contribution is -2.41. The van der Waals surface area contributed by atoms with Crippen molar-refractivity contribution >= 4 is 28.7 Å². The maximum Gasteiger partial charge on any atom is 0.251 e. The third kappa shape index (κ3) is 6.06. The standard InChI is InChI=1S/C26H31N5O2/c1-17(2)24(32)29-21-10-12-22(13-11-21)30-26-28-16-20-9-8-19(14-23(20)31-26)25(33)27-15-18-6-4-3-5-7-18/h3-9,14,16-17,21-22H,10-13,15H2,1-2H3,(H,27,33)(H,29,32)(H,28,30,31)/t21-,22-. The van der Waals surface area contributed by atoms with Crippen LogP contribution in [0.15, 0.2) is 54.7 Å². The summed E-state index contributed by atoms with van der Waals surface area (Å²) in [6.07, 6.45) is 5.56. The monoisotopic (exact) mass is 445 g/mol. The van der Waals surface area contributed by atoms with Crippen molar-refractivity contribution in [2.45, 2.75) is 58.2 Å². The normalized spacial score (nSPS) is 18.2. The number of benzene rings is 2. The third-order valence-electron chi connectivity index (χ3n) is 6.07. The van der Waals surface area contributed by atoms with Gasteiger partial charge in [-0.2, -0.15) is 0 Å². The van der Waals surface area contributed by atoms with Crippen LogP contribution in [0.25, 0.3) is 10.9 Å². The Kier molecular flexibility index (Phi) is 7.17. The maximum atomic E-state index is 12.6. The largest absolute Gasteiger partial charge is 0.353 e. The Hall–Kier alpha value is -3.48. The van der Waals surface area contributed by atoms with Gasteiger partial charge in [-0.1, -0.05) is 50.2 Å². The first-order chi connectivity index (χ1) is 16.0. The summed E-state index contributed by atoms with van der Waals surface area (Å²) in [7, 11) is 0. The molecule has 1 saturated carbocycles. The molecule has 1 aliphatic carbocycles. The second-order valence-electron chi connectivity index (χ2n) is 8.99. The molecule has 0 radical (unpaired) electrons. The van der Waals surface area contributed by atoms with E-state index in [0.717, 1.165) is 42.1 Å². The van der Waals surface area contributed by atoms with Crippen molar-refractivity contribution < 1.29 is 9.59 Å². The molecule has 1 aliphatic rings. The van der Waals surface area contributed by atoms with Crippen LogP contribution in [-0.4, -0.2) is 33.9 Å². The molecule has 33 heavy (non-hydrogen) atoms. The number of hydrogen-bond donors (Lipinski definition) is 3. The highest BCUT2D eigenvalue weighted by Gasteiger charge is 2.23. The zero-order valence-electron chi connectivity index (χ0n) is 19.2. The molecule has 1 fully saturated rings. The smallest absolute Gasteiger partial charge is 0.251 e. The minimum absolute atomic E-state index is 0.0113. The molecular formula is C26H31N5O2. The Morgan fingerprint density at radius 3 is 2.45 bits per heavy atom. The molecule has 3 N–H and O–H groups in total. The molecule has 0 bridgehead atoms. The number of rotatable bonds is 7. The molecule has 172 valence electrons. The summed E-state index contributed by atoms with van der Waals surface area (Å²) in [5.74, 6) is 0.569. The fraction of sp³-hybridized carbons (Fsp3) is 0.385. The lowest BCUT2D eigenvalue weighted by molar-refractivity contribution is -0.124. The van der Waals surface area contributed by atoms with Gasteiger partial charge in [-0.3, -0.25) is 9.59 Å². The van der Waals surface area contributed by atoms with Crippen molar-refractivity contribution in [3.8, 4) is 0 Å². The lowest BCUT2D eigenvalue weighted by Gasteiger charge is -2.30. The van der Waals surface area contributed by atoms with Crippen LogP contribution in [0.2, 0.25) is 0 Å². The van der Waals surface area contributed by atoms with E-state index in [1.54, 1.807) is 18.3 Å². The van der Waals surface area contributed by atoms with E-state index in [1.807, 2.05) is 50.2 Å². The van der Waals surface area contributed by atoms with Gasteiger partial charge >= 0.3 is 0 Å². The molecule has 4 rings (SSSR count). The van der Waals surface area contributed by atoms with Crippen LogP contribution in [0.5, 0.6) is 0 Å². The van der Waals surface area contributed by atoms with Gasteiger partial charge in [-0.25, -0.2) is 9.97 Å². The van der Waals surface area contributed by atoms with Crippen LogP contribution >= 0.6 is 0 Å². The summed E-state index contributed by atoms with van der Waals surface area (Å²) in [5.41, 5.74) is 2.36. The molecule has 2 amide bonds. The topological polar surface area (TPSA) is 96.0 Å². The molecule has 0 spiro atoms. The molecule has 0 saturated heterocycles. The average molecular weight is 446 g/mol. The van der Waals surface area contributed by atoms with Crippen molar-refractivity contribution in [3.63, 3.8) is 0 Å². The van der Waals surface area contributed by atoms with Crippen molar-refractivity contribution in [2.75, 3.05) is 5.32 Å². The summed E-state index contributed by atoms with van der Waals surface area (Å²) in [6.45, 7) is 4.31. The highest BCUT2D eigenvalue weighted by molar-refractivity contribution is 5.97. The number of aromatic nitrogens is 2. The van der Waals surface area contributed by atoms with Crippen molar-refractivity contribution in [1.82, 2.24) is 20.6 Å². The zero-order valence-corrected chi connectivity index (χ0v) is 19.2. The van der Waals surface area contributed by atoms with Gasteiger partial charge in [0.25, 0.3) is 5.91 Å². The Morgan fingerprint density at radius 2 is 1.73 bits per heavy atom. The van der Waals surface area contributed by atoms with Gasteiger partial charge in [0.15, 0.2) is 0 Å². The van der Waals surface area contributed by atoms with E-state index in [0.29, 0.717) is 18.1 Å². The van der Waals surface area contributed by atoms with E-state index in [1.165, 1.54) is 0 Å². The van der Waals surface area contributed by atoms with Crippen molar-refractivity contribution in [3.05, 3.63) is 65.9 Å². The van der Waals surface area contributed by atoms with Gasteiger partial charge in [0, 0.05) is 41.7 Å². The number of nitrogens with zero attached hydrogens (tertiary/aromatic N) is 2. The SMILES string of the molecule is CC(C)C(=O)N[C@H]1CC[C@H](Nc2ncc3ccc(C(=O)NCc4ccccc4)cc3n2)CC1. The van der Waals surface area contributed by atoms with Crippen molar-refractivity contribution in [1.29, 1.82) is 0 Å². The summed E-state index contributed by atoms with van der Waals surface area (Å²) in [6, 6.07) is 15.8. The van der Waals surface area contributed by atoms with E-state index in [9.17, 15) is 9.59 Å². The first-order valence-corrected chi connectivity index (χ1v) is 11.6. The Bertz CT molecular complexity index is 1110. The minimum atomic E-state index is -0.129. The molecule has 1 aromatic heterocycles. The van der Waals surface area contributed by atoms with Gasteiger partial charge in [-0.05, 0) is 43.4 Å². The van der Waals surface area contributed by atoms with Gasteiger partial charge in [0.2, 0.25) is 11.9 Å². The first kappa shape index (κ1) is 22.7. The third-order valence-corrected chi connectivity index (χ3v) is 6.07. The summed E-state index contributed by atoms with van der Waals surface area (Å²) < 4.78 is 0. The zero-order chi connectivity index (χ0) is 23.2. The van der Waals surface area contributed by atoms with Gasteiger partial charge in [0.05, 0.1) is 5.52 Å². The molecule has 2 aromatic carbocycles. The Labute approximate surface area is 194 Å². The fourth-order valence-electron chi connectivity index (χ4n) is 4.05. The molecule has 0 atom stereocenters. The lowest BCUT2D eigenvalue weighted by atomic mass is 9.91. The fourth-order valence-corrected chi connectivity index (χ4v) is 4.05. The second kappa shape index (κ2) is 10.4. The van der Waals surface area contributed by atoms with Crippen LogP contribution in [-0.2, 0) is 11.3 Å². The first-order valence-electron chi connectivity index (χ1n) is 11.6. The van der Waals surface area contributed by atoms with Gasteiger partial charge in [0.1, 0.15) is 0 Å².